The summed E-state index contributed by atoms with van der Waals surface area (Å²) >= 11 is 0. The molecule has 53 heavy (non-hydrogen) atoms. The highest BCUT2D eigenvalue weighted by atomic mass is 16.5. The average molecular weight is 680 g/mol. The van der Waals surface area contributed by atoms with Gasteiger partial charge in [0.2, 0.25) is 0 Å². The summed E-state index contributed by atoms with van der Waals surface area (Å²) in [6.45, 7) is 0. The van der Waals surface area contributed by atoms with Crippen molar-refractivity contribution in [2.75, 3.05) is 4.90 Å². The molecular weight excluding hydrogens is 647 g/mol. The van der Waals surface area contributed by atoms with Crippen molar-refractivity contribution in [2.45, 2.75) is 0 Å². The van der Waals surface area contributed by atoms with Crippen LogP contribution < -0.4 is 14.4 Å². The van der Waals surface area contributed by atoms with Gasteiger partial charge in [-0.1, -0.05) is 146 Å². The van der Waals surface area contributed by atoms with E-state index in [1.54, 1.807) is 0 Å². The zero-order valence-corrected chi connectivity index (χ0v) is 28.8. The van der Waals surface area contributed by atoms with E-state index >= 15 is 0 Å². The molecule has 1 heterocycles. The third-order valence-corrected chi connectivity index (χ3v) is 10.1. The predicted molar refractivity (Wildman–Crippen MR) is 219 cm³/mol. The lowest BCUT2D eigenvalue weighted by atomic mass is 9.98. The summed E-state index contributed by atoms with van der Waals surface area (Å²) in [5, 5.41) is 4.53. The lowest BCUT2D eigenvalue weighted by Gasteiger charge is -2.26. The van der Waals surface area contributed by atoms with Crippen LogP contribution in [0.1, 0.15) is 0 Å². The molecule has 0 bridgehead atoms. The Morgan fingerprint density at radius 1 is 0.302 bits per heavy atom. The molecule has 3 heteroatoms. The number of rotatable bonds is 6. The van der Waals surface area contributed by atoms with Gasteiger partial charge in [-0.15, -0.1) is 0 Å². The predicted octanol–water partition coefficient (Wildman–Crippen LogP) is 14.4. The van der Waals surface area contributed by atoms with Crippen LogP contribution in [0.4, 0.5) is 17.1 Å². The zero-order valence-electron chi connectivity index (χ0n) is 28.8. The largest absolute Gasteiger partial charge is 0.453 e. The van der Waals surface area contributed by atoms with E-state index in [2.05, 4.69) is 169 Å². The van der Waals surface area contributed by atoms with Gasteiger partial charge in [0, 0.05) is 17.4 Å². The van der Waals surface area contributed by atoms with Gasteiger partial charge in [-0.05, 0) is 98.1 Å². The minimum Gasteiger partial charge on any atom is -0.453 e. The van der Waals surface area contributed by atoms with E-state index in [0.717, 1.165) is 44.9 Å². The minimum atomic E-state index is 0.665. The fourth-order valence-corrected chi connectivity index (χ4v) is 7.48. The van der Waals surface area contributed by atoms with Crippen molar-refractivity contribution >= 4 is 38.6 Å². The third kappa shape index (κ3) is 5.65. The molecule has 0 spiro atoms. The maximum Gasteiger partial charge on any atom is 0.172 e. The minimum absolute atomic E-state index is 0.665. The summed E-state index contributed by atoms with van der Waals surface area (Å²) in [4.78, 5) is 2.28. The molecule has 0 amide bonds. The van der Waals surface area contributed by atoms with Crippen molar-refractivity contribution in [3.8, 4) is 56.4 Å². The Balaban J connectivity index is 1.04. The Morgan fingerprint density at radius 3 is 1.47 bits per heavy atom. The van der Waals surface area contributed by atoms with Gasteiger partial charge in [0.1, 0.15) is 11.5 Å². The first-order valence-electron chi connectivity index (χ1n) is 17.9. The fraction of sp³-hybridized carbons (Fsp3) is 0. The first kappa shape index (κ1) is 30.7. The van der Waals surface area contributed by atoms with Crippen molar-refractivity contribution in [3.05, 3.63) is 200 Å². The van der Waals surface area contributed by atoms with E-state index in [1.165, 1.54) is 38.6 Å². The SMILES string of the molecule is c1ccc(-c2ccc(-c3ccc(N(c4ccc(-c5cccc6ccccc56)cc4)c4ccc5c(c4)Oc4cccc6cccc(c46)O5)cc3)cc2)cc1. The lowest BCUT2D eigenvalue weighted by molar-refractivity contribution is 0.439. The number of hydrogen-bond acceptors (Lipinski definition) is 3. The average Bonchev–Trinajstić information content (AvgIpc) is 3.39. The van der Waals surface area contributed by atoms with E-state index in [1.807, 2.05) is 36.4 Å². The van der Waals surface area contributed by atoms with Crippen LogP contribution >= 0.6 is 0 Å². The van der Waals surface area contributed by atoms with Crippen LogP contribution in [0.2, 0.25) is 0 Å². The Hall–Kier alpha value is -7.10. The monoisotopic (exact) mass is 679 g/mol. The molecule has 10 rings (SSSR count). The lowest BCUT2D eigenvalue weighted by Crippen LogP contribution is -2.10. The van der Waals surface area contributed by atoms with Gasteiger partial charge in [-0.2, -0.15) is 0 Å². The quantitative estimate of drug-likeness (QED) is 0.175. The number of hydrogen-bond donors (Lipinski definition) is 0. The van der Waals surface area contributed by atoms with Crippen LogP contribution in [-0.2, 0) is 0 Å². The summed E-state index contributed by atoms with van der Waals surface area (Å²) in [5.41, 5.74) is 10.2. The van der Waals surface area contributed by atoms with Crippen molar-refractivity contribution in [1.29, 1.82) is 0 Å². The number of nitrogens with zero attached hydrogens (tertiary/aromatic N) is 1. The molecule has 0 unspecified atom stereocenters. The second-order valence-electron chi connectivity index (χ2n) is 13.3. The van der Waals surface area contributed by atoms with E-state index in [-0.39, 0.29) is 0 Å². The first-order chi connectivity index (χ1) is 26.2. The van der Waals surface area contributed by atoms with Crippen LogP contribution in [0.25, 0.3) is 54.9 Å². The summed E-state index contributed by atoms with van der Waals surface area (Å²) in [6.07, 6.45) is 0. The van der Waals surface area contributed by atoms with Gasteiger partial charge in [0.25, 0.3) is 0 Å². The topological polar surface area (TPSA) is 21.7 Å². The smallest absolute Gasteiger partial charge is 0.172 e. The summed E-state index contributed by atoms with van der Waals surface area (Å²) < 4.78 is 13.1. The normalized spacial score (nSPS) is 11.7. The van der Waals surface area contributed by atoms with E-state index < -0.39 is 0 Å². The molecule has 3 nitrogen and oxygen atoms in total. The Labute approximate surface area is 308 Å². The molecule has 1 aliphatic heterocycles. The number of fused-ring (bicyclic) bond motifs is 2. The Morgan fingerprint density at radius 2 is 0.792 bits per heavy atom. The molecule has 0 saturated heterocycles. The van der Waals surface area contributed by atoms with Crippen molar-refractivity contribution < 1.29 is 9.47 Å². The van der Waals surface area contributed by atoms with E-state index in [9.17, 15) is 0 Å². The molecule has 0 atom stereocenters. The molecule has 0 aromatic heterocycles. The molecule has 0 fully saturated rings. The van der Waals surface area contributed by atoms with E-state index in [4.69, 9.17) is 9.47 Å². The molecule has 9 aromatic carbocycles. The second-order valence-corrected chi connectivity index (χ2v) is 13.3. The van der Waals surface area contributed by atoms with Gasteiger partial charge in [-0.3, -0.25) is 0 Å². The van der Waals surface area contributed by atoms with Gasteiger partial charge in [0.15, 0.2) is 11.5 Å². The molecule has 0 aliphatic carbocycles. The molecule has 9 aromatic rings. The molecule has 250 valence electrons. The van der Waals surface area contributed by atoms with Crippen LogP contribution in [0.15, 0.2) is 200 Å². The molecular formula is C50H33NO2. The van der Waals surface area contributed by atoms with Crippen LogP contribution in [0.3, 0.4) is 0 Å². The van der Waals surface area contributed by atoms with Gasteiger partial charge in [0.05, 0.1) is 11.1 Å². The zero-order chi connectivity index (χ0) is 35.1. The second kappa shape index (κ2) is 12.9. The third-order valence-electron chi connectivity index (χ3n) is 10.1. The van der Waals surface area contributed by atoms with Crippen LogP contribution in [0.5, 0.6) is 23.0 Å². The highest BCUT2D eigenvalue weighted by Gasteiger charge is 2.21. The van der Waals surface area contributed by atoms with Gasteiger partial charge < -0.3 is 14.4 Å². The number of benzene rings is 9. The molecule has 0 saturated carbocycles. The highest BCUT2D eigenvalue weighted by Crippen LogP contribution is 2.48. The maximum absolute atomic E-state index is 6.62. The Bertz CT molecular complexity index is 2740. The van der Waals surface area contributed by atoms with Gasteiger partial charge in [-0.25, -0.2) is 0 Å². The highest BCUT2D eigenvalue weighted by molar-refractivity contribution is 5.97. The molecule has 0 N–H and O–H groups in total. The number of ether oxygens (including phenoxy) is 2. The van der Waals surface area contributed by atoms with Crippen LogP contribution in [0, 0.1) is 0 Å². The van der Waals surface area contributed by atoms with Crippen molar-refractivity contribution in [3.63, 3.8) is 0 Å². The van der Waals surface area contributed by atoms with Crippen molar-refractivity contribution in [1.82, 2.24) is 0 Å². The molecule has 1 aliphatic rings. The van der Waals surface area contributed by atoms with E-state index in [0.29, 0.717) is 11.5 Å². The fourth-order valence-electron chi connectivity index (χ4n) is 7.48. The first-order valence-corrected chi connectivity index (χ1v) is 17.9. The van der Waals surface area contributed by atoms with Crippen molar-refractivity contribution in [2.24, 2.45) is 0 Å². The Kier molecular flexibility index (Phi) is 7.47. The molecule has 0 radical (unpaired) electrons. The summed E-state index contributed by atoms with van der Waals surface area (Å²) in [6, 6.07) is 70.3. The maximum atomic E-state index is 6.62. The summed E-state index contributed by atoms with van der Waals surface area (Å²) in [5.74, 6) is 2.91. The summed E-state index contributed by atoms with van der Waals surface area (Å²) in [7, 11) is 0. The standard InChI is InChI=1S/C50H33NO2/c1-2-9-34(10-3-1)35-19-21-36(22-20-35)37-23-27-41(28-24-37)51(42-29-25-39(26-30-42)45-16-6-12-38-11-4-5-15-44(38)45)43-31-32-46-49(33-43)53-48-18-8-14-40-13-7-17-47(52-46)50(40)48/h1-33H. The van der Waals surface area contributed by atoms with Crippen LogP contribution in [-0.4, -0.2) is 0 Å². The van der Waals surface area contributed by atoms with Gasteiger partial charge >= 0.3 is 0 Å². The number of anilines is 3.